The Hall–Kier alpha value is -2.10. The number of aliphatic hydroxyl groups excluding tert-OH is 1. The Labute approximate surface area is 114 Å². The Morgan fingerprint density at radius 2 is 2.47 bits per heavy atom. The van der Waals surface area contributed by atoms with Gasteiger partial charge in [0.1, 0.15) is 0 Å². The number of thiophene rings is 1. The number of aromatic amines is 1. The number of nitrogens with one attached hydrogen (secondary N) is 2. The average Bonchev–Trinajstić information content (AvgIpc) is 3.07. The fourth-order valence-electron chi connectivity index (χ4n) is 1.39. The number of H-pyrrole nitrogens is 1. The Morgan fingerprint density at radius 1 is 1.58 bits per heavy atom. The van der Waals surface area contributed by atoms with Crippen LogP contribution in [0, 0.1) is 11.8 Å². The second-order valence-corrected chi connectivity index (χ2v) is 4.65. The van der Waals surface area contributed by atoms with E-state index in [9.17, 15) is 4.79 Å². The number of carbonyl (C=O) groups is 1. The highest BCUT2D eigenvalue weighted by atomic mass is 32.1. The number of amides is 1. The maximum absolute atomic E-state index is 11.9. The summed E-state index contributed by atoms with van der Waals surface area (Å²) in [5.41, 5.74) is 1.45. The van der Waals surface area contributed by atoms with Gasteiger partial charge < -0.3 is 15.4 Å². The molecule has 19 heavy (non-hydrogen) atoms. The molecule has 0 aliphatic heterocycles. The molecule has 0 aromatic carbocycles. The second kappa shape index (κ2) is 6.73. The van der Waals surface area contributed by atoms with E-state index in [1.165, 1.54) is 11.3 Å². The first-order chi connectivity index (χ1) is 9.29. The van der Waals surface area contributed by atoms with Crippen LogP contribution in [0.5, 0.6) is 0 Å². The molecule has 0 bridgehead atoms. The molecule has 2 heterocycles. The molecule has 98 valence electrons. The Morgan fingerprint density at radius 3 is 3.21 bits per heavy atom. The minimum absolute atomic E-state index is 0.0515. The van der Waals surface area contributed by atoms with E-state index in [4.69, 9.17) is 5.11 Å². The van der Waals surface area contributed by atoms with Crippen molar-refractivity contribution in [1.29, 1.82) is 0 Å². The summed E-state index contributed by atoms with van der Waals surface area (Å²) in [6.07, 6.45) is 3.68. The van der Waals surface area contributed by atoms with Crippen LogP contribution in [-0.4, -0.2) is 27.6 Å². The molecule has 5 nitrogen and oxygen atoms in total. The average molecular weight is 275 g/mol. The third-order valence-electron chi connectivity index (χ3n) is 2.30. The van der Waals surface area contributed by atoms with Crippen molar-refractivity contribution in [2.24, 2.45) is 0 Å². The molecule has 2 rings (SSSR count). The minimum Gasteiger partial charge on any atom is -0.395 e. The van der Waals surface area contributed by atoms with Crippen molar-refractivity contribution in [3.05, 3.63) is 40.1 Å². The van der Waals surface area contributed by atoms with Crippen molar-refractivity contribution in [3.63, 3.8) is 0 Å². The molecule has 0 fully saturated rings. The highest BCUT2D eigenvalue weighted by molar-refractivity contribution is 7.10. The third-order valence-corrected chi connectivity index (χ3v) is 3.15. The van der Waals surface area contributed by atoms with Crippen LogP contribution in [0.4, 0.5) is 0 Å². The highest BCUT2D eigenvalue weighted by Crippen LogP contribution is 2.13. The van der Waals surface area contributed by atoms with E-state index in [0.29, 0.717) is 18.5 Å². The van der Waals surface area contributed by atoms with Crippen LogP contribution in [-0.2, 0) is 6.54 Å². The van der Waals surface area contributed by atoms with Crippen LogP contribution in [0.2, 0.25) is 0 Å². The molecule has 0 atom stereocenters. The van der Waals surface area contributed by atoms with Gasteiger partial charge in [-0.2, -0.15) is 0 Å². The first-order valence-electron chi connectivity index (χ1n) is 5.73. The molecule has 0 saturated heterocycles. The summed E-state index contributed by atoms with van der Waals surface area (Å²) < 4.78 is 0. The molecule has 0 unspecified atom stereocenters. The SMILES string of the molecule is O=C(NCc1cnc[nH]1)c1csc(C#CCCO)c1. The molecule has 2 aromatic heterocycles. The molecule has 0 saturated carbocycles. The van der Waals surface area contributed by atoms with Crippen LogP contribution in [0.15, 0.2) is 24.0 Å². The lowest BCUT2D eigenvalue weighted by molar-refractivity contribution is 0.0951. The van der Waals surface area contributed by atoms with Gasteiger partial charge in [0.25, 0.3) is 5.91 Å². The van der Waals surface area contributed by atoms with Gasteiger partial charge in [0, 0.05) is 18.0 Å². The van der Waals surface area contributed by atoms with Gasteiger partial charge in [-0.1, -0.05) is 11.8 Å². The van der Waals surface area contributed by atoms with Crippen molar-refractivity contribution in [2.75, 3.05) is 6.61 Å². The lowest BCUT2D eigenvalue weighted by atomic mass is 10.3. The lowest BCUT2D eigenvalue weighted by Crippen LogP contribution is -2.22. The smallest absolute Gasteiger partial charge is 0.252 e. The van der Waals surface area contributed by atoms with E-state index in [0.717, 1.165) is 10.6 Å². The predicted molar refractivity (Wildman–Crippen MR) is 72.7 cm³/mol. The largest absolute Gasteiger partial charge is 0.395 e. The number of aromatic nitrogens is 2. The van der Waals surface area contributed by atoms with Gasteiger partial charge >= 0.3 is 0 Å². The fraction of sp³-hybridized carbons (Fsp3) is 0.231. The predicted octanol–water partition coefficient (Wildman–Crippen LogP) is 1.14. The number of nitrogens with zero attached hydrogens (tertiary/aromatic N) is 1. The normalized spacial score (nSPS) is 9.74. The van der Waals surface area contributed by atoms with Crippen molar-refractivity contribution < 1.29 is 9.90 Å². The first-order valence-corrected chi connectivity index (χ1v) is 6.61. The summed E-state index contributed by atoms with van der Waals surface area (Å²) in [6.45, 7) is 0.468. The van der Waals surface area contributed by atoms with Gasteiger partial charge in [0.05, 0.1) is 35.6 Å². The highest BCUT2D eigenvalue weighted by Gasteiger charge is 2.07. The van der Waals surface area contributed by atoms with Crippen LogP contribution < -0.4 is 5.32 Å². The fourth-order valence-corrected chi connectivity index (χ4v) is 2.14. The molecule has 0 radical (unpaired) electrons. The van der Waals surface area contributed by atoms with Gasteiger partial charge in [-0.05, 0) is 6.07 Å². The molecule has 6 heteroatoms. The number of hydrogen-bond acceptors (Lipinski definition) is 4. The Kier molecular flexibility index (Phi) is 4.72. The molecular weight excluding hydrogens is 262 g/mol. The van der Waals surface area contributed by atoms with E-state index < -0.39 is 0 Å². The number of rotatable bonds is 4. The zero-order valence-electron chi connectivity index (χ0n) is 10.1. The van der Waals surface area contributed by atoms with Crippen molar-refractivity contribution in [2.45, 2.75) is 13.0 Å². The summed E-state index contributed by atoms with van der Waals surface area (Å²) in [6, 6.07) is 1.75. The molecule has 3 N–H and O–H groups in total. The maximum Gasteiger partial charge on any atom is 0.252 e. The monoisotopic (exact) mass is 275 g/mol. The van der Waals surface area contributed by atoms with Gasteiger partial charge in [0.2, 0.25) is 0 Å². The number of carbonyl (C=O) groups excluding carboxylic acids is 1. The second-order valence-electron chi connectivity index (χ2n) is 3.73. The van der Waals surface area contributed by atoms with Crippen LogP contribution in [0.3, 0.4) is 0 Å². The standard InChI is InChI=1S/C13H13N3O2S/c17-4-2-1-3-12-5-10(8-19-12)13(18)15-7-11-6-14-9-16-11/h5-6,8-9,17H,2,4,7H2,(H,14,16)(H,15,18). The van der Waals surface area contributed by atoms with Crippen molar-refractivity contribution in [1.82, 2.24) is 15.3 Å². The number of aliphatic hydroxyl groups is 1. The maximum atomic E-state index is 11.9. The molecule has 2 aromatic rings. The molecule has 1 amide bonds. The Bertz CT molecular complexity index is 593. The summed E-state index contributed by atoms with van der Waals surface area (Å²) in [5.74, 6) is 5.59. The zero-order chi connectivity index (χ0) is 13.5. The lowest BCUT2D eigenvalue weighted by Gasteiger charge is -2.00. The van der Waals surface area contributed by atoms with Gasteiger partial charge in [-0.25, -0.2) is 4.98 Å². The van der Waals surface area contributed by atoms with Gasteiger partial charge in [-0.15, -0.1) is 11.3 Å². The molecule has 0 aliphatic carbocycles. The van der Waals surface area contributed by atoms with E-state index in [1.54, 1.807) is 24.0 Å². The van der Waals surface area contributed by atoms with Crippen LogP contribution in [0.25, 0.3) is 0 Å². The molecular formula is C13H13N3O2S. The Balaban J connectivity index is 1.91. The van der Waals surface area contributed by atoms with Crippen molar-refractivity contribution >= 4 is 17.2 Å². The molecule has 0 aliphatic rings. The summed E-state index contributed by atoms with van der Waals surface area (Å²) >= 11 is 1.42. The number of hydrogen-bond donors (Lipinski definition) is 3. The third kappa shape index (κ3) is 3.95. The van der Waals surface area contributed by atoms with Crippen molar-refractivity contribution in [3.8, 4) is 11.8 Å². The summed E-state index contributed by atoms with van der Waals surface area (Å²) in [4.78, 5) is 19.5. The summed E-state index contributed by atoms with van der Waals surface area (Å²) in [7, 11) is 0. The van der Waals surface area contributed by atoms with E-state index >= 15 is 0 Å². The summed E-state index contributed by atoms with van der Waals surface area (Å²) in [5, 5.41) is 13.2. The van der Waals surface area contributed by atoms with Gasteiger partial charge in [0.15, 0.2) is 0 Å². The van der Waals surface area contributed by atoms with E-state index in [2.05, 4.69) is 27.1 Å². The van der Waals surface area contributed by atoms with Crippen LogP contribution in [0.1, 0.15) is 27.3 Å². The minimum atomic E-state index is -0.138. The van der Waals surface area contributed by atoms with Gasteiger partial charge in [-0.3, -0.25) is 4.79 Å². The van der Waals surface area contributed by atoms with Crippen LogP contribution >= 0.6 is 11.3 Å². The number of imidazole rings is 1. The van der Waals surface area contributed by atoms with E-state index in [-0.39, 0.29) is 12.5 Å². The molecule has 0 spiro atoms. The quantitative estimate of drug-likeness (QED) is 0.732. The zero-order valence-corrected chi connectivity index (χ0v) is 11.0. The topological polar surface area (TPSA) is 78.0 Å². The first kappa shape index (κ1) is 13.3. The van der Waals surface area contributed by atoms with E-state index in [1.807, 2.05) is 0 Å².